The summed E-state index contributed by atoms with van der Waals surface area (Å²) in [6.45, 7) is 4.58. The van der Waals surface area contributed by atoms with Gasteiger partial charge in [0.2, 0.25) is 0 Å². The molecular formula is C19H19ClN4O. The first kappa shape index (κ1) is 16.1. The van der Waals surface area contributed by atoms with Gasteiger partial charge in [0, 0.05) is 43.1 Å². The van der Waals surface area contributed by atoms with Crippen molar-refractivity contribution >= 4 is 28.3 Å². The fourth-order valence-electron chi connectivity index (χ4n) is 3.30. The molecule has 1 N–H and O–H groups in total. The van der Waals surface area contributed by atoms with Crippen LogP contribution in [-0.2, 0) is 6.54 Å². The van der Waals surface area contributed by atoms with Gasteiger partial charge in [-0.25, -0.2) is 9.97 Å². The van der Waals surface area contributed by atoms with E-state index in [0.717, 1.165) is 55.0 Å². The van der Waals surface area contributed by atoms with Crippen LogP contribution < -0.4 is 4.90 Å². The third-order valence-electron chi connectivity index (χ3n) is 4.57. The van der Waals surface area contributed by atoms with Crippen LogP contribution in [-0.4, -0.2) is 46.2 Å². The molecule has 4 rings (SSSR count). The number of rotatable bonds is 3. The van der Waals surface area contributed by atoms with Crippen molar-refractivity contribution in [1.29, 1.82) is 0 Å². The second-order valence-electron chi connectivity index (χ2n) is 6.29. The van der Waals surface area contributed by atoms with Crippen molar-refractivity contribution in [3.63, 3.8) is 0 Å². The summed E-state index contributed by atoms with van der Waals surface area (Å²) in [5, 5.41) is 11.3. The Labute approximate surface area is 151 Å². The minimum absolute atomic E-state index is 0.322. The van der Waals surface area contributed by atoms with Crippen LogP contribution in [0, 0.1) is 0 Å². The maximum atomic E-state index is 9.60. The SMILES string of the molecule is Oc1cccc(CN2CCN(c3ncnc4cc(Cl)ccc34)CC2)c1. The number of piperazine rings is 1. The molecule has 0 saturated carbocycles. The number of anilines is 1. The third-order valence-corrected chi connectivity index (χ3v) is 4.80. The lowest BCUT2D eigenvalue weighted by molar-refractivity contribution is 0.249. The molecule has 0 bridgehead atoms. The summed E-state index contributed by atoms with van der Waals surface area (Å²) in [6, 6.07) is 13.2. The fraction of sp³-hybridized carbons (Fsp3) is 0.263. The lowest BCUT2D eigenvalue weighted by Gasteiger charge is -2.35. The molecule has 0 atom stereocenters. The van der Waals surface area contributed by atoms with E-state index in [1.165, 1.54) is 0 Å². The summed E-state index contributed by atoms with van der Waals surface area (Å²) in [7, 11) is 0. The molecule has 0 radical (unpaired) electrons. The van der Waals surface area contributed by atoms with Gasteiger partial charge in [-0.1, -0.05) is 23.7 Å². The maximum Gasteiger partial charge on any atom is 0.139 e. The zero-order valence-corrected chi connectivity index (χ0v) is 14.5. The van der Waals surface area contributed by atoms with E-state index in [9.17, 15) is 5.11 Å². The van der Waals surface area contributed by atoms with Crippen LogP contribution in [0.3, 0.4) is 0 Å². The molecule has 25 heavy (non-hydrogen) atoms. The molecule has 1 saturated heterocycles. The Morgan fingerprint density at radius 2 is 1.84 bits per heavy atom. The first-order chi connectivity index (χ1) is 12.2. The lowest BCUT2D eigenvalue weighted by Crippen LogP contribution is -2.46. The molecule has 0 spiro atoms. The standard InChI is InChI=1S/C19H19ClN4O/c20-15-4-5-17-18(11-15)21-13-22-19(17)24-8-6-23(7-9-24)12-14-2-1-3-16(25)10-14/h1-5,10-11,13,25H,6-9,12H2. The minimum Gasteiger partial charge on any atom is -0.508 e. The highest BCUT2D eigenvalue weighted by Gasteiger charge is 2.20. The van der Waals surface area contributed by atoms with Gasteiger partial charge in [-0.05, 0) is 35.9 Å². The second-order valence-corrected chi connectivity index (χ2v) is 6.73. The van der Waals surface area contributed by atoms with Crippen molar-refractivity contribution in [1.82, 2.24) is 14.9 Å². The van der Waals surface area contributed by atoms with Crippen LogP contribution >= 0.6 is 11.6 Å². The molecule has 1 aliphatic heterocycles. The van der Waals surface area contributed by atoms with Gasteiger partial charge in [0.15, 0.2) is 0 Å². The van der Waals surface area contributed by atoms with Crippen LogP contribution in [0.25, 0.3) is 10.9 Å². The second kappa shape index (κ2) is 6.86. The Hall–Kier alpha value is -2.37. The van der Waals surface area contributed by atoms with Crippen LogP contribution in [0.2, 0.25) is 5.02 Å². The van der Waals surface area contributed by atoms with E-state index in [1.807, 2.05) is 36.4 Å². The lowest BCUT2D eigenvalue weighted by atomic mass is 10.1. The van der Waals surface area contributed by atoms with Crippen molar-refractivity contribution in [2.24, 2.45) is 0 Å². The molecule has 1 aliphatic rings. The molecule has 6 heteroatoms. The molecule has 0 unspecified atom stereocenters. The van der Waals surface area contributed by atoms with E-state index < -0.39 is 0 Å². The molecule has 0 amide bonds. The first-order valence-corrected chi connectivity index (χ1v) is 8.72. The van der Waals surface area contributed by atoms with Gasteiger partial charge in [-0.15, -0.1) is 0 Å². The highest BCUT2D eigenvalue weighted by atomic mass is 35.5. The zero-order chi connectivity index (χ0) is 17.2. The number of fused-ring (bicyclic) bond motifs is 1. The van der Waals surface area contributed by atoms with Gasteiger partial charge >= 0.3 is 0 Å². The van der Waals surface area contributed by atoms with Gasteiger partial charge in [-0.3, -0.25) is 4.90 Å². The van der Waals surface area contributed by atoms with Crippen molar-refractivity contribution < 1.29 is 5.11 Å². The third kappa shape index (κ3) is 3.52. The molecule has 3 aromatic rings. The summed E-state index contributed by atoms with van der Waals surface area (Å²) in [4.78, 5) is 13.5. The van der Waals surface area contributed by atoms with E-state index in [-0.39, 0.29) is 0 Å². The van der Waals surface area contributed by atoms with Gasteiger partial charge in [0.1, 0.15) is 17.9 Å². The van der Waals surface area contributed by atoms with Crippen LogP contribution in [0.15, 0.2) is 48.8 Å². The maximum absolute atomic E-state index is 9.60. The Balaban J connectivity index is 1.47. The number of benzene rings is 2. The van der Waals surface area contributed by atoms with Crippen molar-refractivity contribution in [3.8, 4) is 5.75 Å². The zero-order valence-electron chi connectivity index (χ0n) is 13.8. The molecule has 0 aliphatic carbocycles. The molecule has 128 valence electrons. The molecule has 2 heterocycles. The molecular weight excluding hydrogens is 336 g/mol. The van der Waals surface area contributed by atoms with Gasteiger partial charge in [-0.2, -0.15) is 0 Å². The Morgan fingerprint density at radius 3 is 2.64 bits per heavy atom. The summed E-state index contributed by atoms with van der Waals surface area (Å²) >= 11 is 6.07. The smallest absolute Gasteiger partial charge is 0.139 e. The Morgan fingerprint density at radius 1 is 1.00 bits per heavy atom. The van der Waals surface area contributed by atoms with Crippen molar-refractivity contribution in [2.45, 2.75) is 6.54 Å². The highest BCUT2D eigenvalue weighted by Crippen LogP contribution is 2.26. The number of aromatic hydroxyl groups is 1. The fourth-order valence-corrected chi connectivity index (χ4v) is 3.47. The van der Waals surface area contributed by atoms with Crippen LogP contribution in [0.5, 0.6) is 5.75 Å². The molecule has 1 aromatic heterocycles. The Kier molecular flexibility index (Phi) is 4.42. The predicted molar refractivity (Wildman–Crippen MR) is 100 cm³/mol. The normalized spacial score (nSPS) is 15.6. The largest absolute Gasteiger partial charge is 0.508 e. The quantitative estimate of drug-likeness (QED) is 0.782. The molecule has 1 fully saturated rings. The number of halogens is 1. The van der Waals surface area contributed by atoms with E-state index in [2.05, 4.69) is 19.8 Å². The number of nitrogens with zero attached hydrogens (tertiary/aromatic N) is 4. The number of phenolic OH excluding ortho intramolecular Hbond substituents is 1. The topological polar surface area (TPSA) is 52.5 Å². The van der Waals surface area contributed by atoms with Crippen LogP contribution in [0.1, 0.15) is 5.56 Å². The van der Waals surface area contributed by atoms with Gasteiger partial charge in [0.25, 0.3) is 0 Å². The van der Waals surface area contributed by atoms with E-state index in [1.54, 1.807) is 12.4 Å². The Bertz CT molecular complexity index is 893. The summed E-state index contributed by atoms with van der Waals surface area (Å²) in [5.74, 6) is 1.29. The monoisotopic (exact) mass is 354 g/mol. The minimum atomic E-state index is 0.322. The molecule has 2 aromatic carbocycles. The van der Waals surface area contributed by atoms with Crippen LogP contribution in [0.4, 0.5) is 5.82 Å². The summed E-state index contributed by atoms with van der Waals surface area (Å²) in [5.41, 5.74) is 2.01. The van der Waals surface area contributed by atoms with Crippen molar-refractivity contribution in [2.75, 3.05) is 31.1 Å². The number of hydrogen-bond donors (Lipinski definition) is 1. The average Bonchev–Trinajstić information content (AvgIpc) is 2.62. The van der Waals surface area contributed by atoms with E-state index >= 15 is 0 Å². The van der Waals surface area contributed by atoms with Gasteiger partial charge in [0.05, 0.1) is 5.52 Å². The average molecular weight is 355 g/mol. The van der Waals surface area contributed by atoms with Gasteiger partial charge < -0.3 is 10.0 Å². The number of phenols is 1. The highest BCUT2D eigenvalue weighted by molar-refractivity contribution is 6.31. The predicted octanol–water partition coefficient (Wildman–Crippen LogP) is 3.31. The van der Waals surface area contributed by atoms with E-state index in [4.69, 9.17) is 11.6 Å². The first-order valence-electron chi connectivity index (χ1n) is 8.34. The number of hydrogen-bond acceptors (Lipinski definition) is 5. The molecule has 5 nitrogen and oxygen atoms in total. The summed E-state index contributed by atoms with van der Waals surface area (Å²) < 4.78 is 0. The van der Waals surface area contributed by atoms with Crippen molar-refractivity contribution in [3.05, 3.63) is 59.4 Å². The van der Waals surface area contributed by atoms with E-state index in [0.29, 0.717) is 10.8 Å². The summed E-state index contributed by atoms with van der Waals surface area (Å²) in [6.07, 6.45) is 1.60. The number of aromatic nitrogens is 2.